The zero-order valence-corrected chi connectivity index (χ0v) is 11.6. The third kappa shape index (κ3) is 3.95. The van der Waals surface area contributed by atoms with Crippen molar-refractivity contribution in [2.45, 2.75) is 70.1 Å². The fourth-order valence-corrected chi connectivity index (χ4v) is 2.91. The first-order valence-electron chi connectivity index (χ1n) is 7.24. The van der Waals surface area contributed by atoms with E-state index in [0.29, 0.717) is 0 Å². The van der Waals surface area contributed by atoms with E-state index in [2.05, 4.69) is 24.5 Å². The first kappa shape index (κ1) is 13.8. The lowest BCUT2D eigenvalue weighted by Gasteiger charge is -2.36. The Morgan fingerprint density at radius 1 is 1.28 bits per heavy atom. The highest BCUT2D eigenvalue weighted by Gasteiger charge is 2.31. The summed E-state index contributed by atoms with van der Waals surface area (Å²) in [4.78, 5) is 12.2. The first-order chi connectivity index (χ1) is 8.57. The van der Waals surface area contributed by atoms with Crippen molar-refractivity contribution in [2.24, 2.45) is 0 Å². The quantitative estimate of drug-likeness (QED) is 0.787. The van der Waals surface area contributed by atoms with Gasteiger partial charge in [0.15, 0.2) is 0 Å². The summed E-state index contributed by atoms with van der Waals surface area (Å²) < 4.78 is 5.68. The minimum absolute atomic E-state index is 0.0125. The molecule has 0 radical (unpaired) electrons. The summed E-state index contributed by atoms with van der Waals surface area (Å²) in [6, 6.07) is 0.282. The van der Waals surface area contributed by atoms with Crippen LogP contribution in [0.25, 0.3) is 0 Å². The standard InChI is InChI=1S/C14H26N2O2/c1-14(2)10-11(7-9-18-14)16-13(17)12-6-4-3-5-8-15-12/h11-12,15H,3-10H2,1-2H3,(H,16,17). The maximum atomic E-state index is 12.2. The number of nitrogens with one attached hydrogen (secondary N) is 2. The molecule has 2 unspecified atom stereocenters. The Bertz CT molecular complexity index is 284. The minimum atomic E-state index is -0.104. The molecule has 1 amide bonds. The number of carbonyl (C=O) groups is 1. The van der Waals surface area contributed by atoms with Crippen LogP contribution in [0.4, 0.5) is 0 Å². The van der Waals surface area contributed by atoms with Gasteiger partial charge in [0.05, 0.1) is 11.6 Å². The molecule has 0 bridgehead atoms. The lowest BCUT2D eigenvalue weighted by molar-refractivity contribution is -0.126. The van der Waals surface area contributed by atoms with E-state index in [1.807, 2.05) is 0 Å². The van der Waals surface area contributed by atoms with E-state index in [1.165, 1.54) is 12.8 Å². The zero-order chi connectivity index (χ0) is 13.0. The molecule has 0 saturated carbocycles. The first-order valence-corrected chi connectivity index (χ1v) is 7.24. The Labute approximate surface area is 110 Å². The summed E-state index contributed by atoms with van der Waals surface area (Å²) in [5.41, 5.74) is -0.104. The van der Waals surface area contributed by atoms with Crippen molar-refractivity contribution in [3.8, 4) is 0 Å². The maximum Gasteiger partial charge on any atom is 0.237 e. The Morgan fingerprint density at radius 3 is 2.89 bits per heavy atom. The summed E-state index contributed by atoms with van der Waals surface area (Å²) in [5.74, 6) is 0.180. The topological polar surface area (TPSA) is 50.4 Å². The highest BCUT2D eigenvalue weighted by atomic mass is 16.5. The predicted octanol–water partition coefficient (Wildman–Crippen LogP) is 1.59. The van der Waals surface area contributed by atoms with Crippen molar-refractivity contribution in [1.29, 1.82) is 0 Å². The van der Waals surface area contributed by atoms with E-state index < -0.39 is 0 Å². The van der Waals surface area contributed by atoms with Gasteiger partial charge in [0.1, 0.15) is 0 Å². The molecule has 4 heteroatoms. The fourth-order valence-electron chi connectivity index (χ4n) is 2.91. The number of carbonyl (C=O) groups excluding carboxylic acids is 1. The van der Waals surface area contributed by atoms with Crippen LogP contribution >= 0.6 is 0 Å². The van der Waals surface area contributed by atoms with Crippen LogP contribution in [-0.2, 0) is 9.53 Å². The normalized spacial score (nSPS) is 32.6. The molecule has 18 heavy (non-hydrogen) atoms. The molecule has 0 spiro atoms. The second kappa shape index (κ2) is 6.02. The third-order valence-corrected chi connectivity index (χ3v) is 3.92. The molecule has 2 N–H and O–H groups in total. The molecule has 0 aromatic heterocycles. The van der Waals surface area contributed by atoms with Gasteiger partial charge in [-0.1, -0.05) is 12.8 Å². The molecule has 104 valence electrons. The molecule has 0 aromatic carbocycles. The fraction of sp³-hybridized carbons (Fsp3) is 0.929. The third-order valence-electron chi connectivity index (χ3n) is 3.92. The predicted molar refractivity (Wildman–Crippen MR) is 71.5 cm³/mol. The number of hydrogen-bond acceptors (Lipinski definition) is 3. The molecule has 2 fully saturated rings. The van der Waals surface area contributed by atoms with Crippen molar-refractivity contribution in [2.75, 3.05) is 13.2 Å². The van der Waals surface area contributed by atoms with Crippen molar-refractivity contribution in [1.82, 2.24) is 10.6 Å². The average molecular weight is 254 g/mol. The van der Waals surface area contributed by atoms with Crippen molar-refractivity contribution < 1.29 is 9.53 Å². The van der Waals surface area contributed by atoms with E-state index in [0.717, 1.165) is 38.8 Å². The number of rotatable bonds is 2. The van der Waals surface area contributed by atoms with E-state index in [1.54, 1.807) is 0 Å². The highest BCUT2D eigenvalue weighted by molar-refractivity contribution is 5.82. The molecule has 0 aliphatic carbocycles. The lowest BCUT2D eigenvalue weighted by Crippen LogP contribution is -2.51. The van der Waals surface area contributed by atoms with Gasteiger partial charge in [-0.25, -0.2) is 0 Å². The molecule has 0 aromatic rings. The summed E-state index contributed by atoms with van der Waals surface area (Å²) in [5, 5.41) is 6.54. The van der Waals surface area contributed by atoms with Gasteiger partial charge in [-0.3, -0.25) is 4.79 Å². The van der Waals surface area contributed by atoms with Gasteiger partial charge in [-0.05, 0) is 46.1 Å². The zero-order valence-electron chi connectivity index (χ0n) is 11.6. The van der Waals surface area contributed by atoms with Crippen LogP contribution in [-0.4, -0.2) is 36.7 Å². The molecule has 2 atom stereocenters. The lowest BCUT2D eigenvalue weighted by atomic mass is 9.93. The van der Waals surface area contributed by atoms with Crippen molar-refractivity contribution in [3.05, 3.63) is 0 Å². The van der Waals surface area contributed by atoms with Crippen LogP contribution in [0.1, 0.15) is 52.4 Å². The second-order valence-corrected chi connectivity index (χ2v) is 6.16. The SMILES string of the molecule is CC1(C)CC(NC(=O)C2CCCCCN2)CCO1. The molecule has 2 heterocycles. The van der Waals surface area contributed by atoms with Crippen LogP contribution in [0.5, 0.6) is 0 Å². The van der Waals surface area contributed by atoms with Gasteiger partial charge in [-0.15, -0.1) is 0 Å². The number of hydrogen-bond donors (Lipinski definition) is 2. The summed E-state index contributed by atoms with van der Waals surface area (Å²) in [7, 11) is 0. The molecular formula is C14H26N2O2. The molecule has 2 aliphatic heterocycles. The second-order valence-electron chi connectivity index (χ2n) is 6.16. The van der Waals surface area contributed by atoms with Crippen LogP contribution in [0.3, 0.4) is 0 Å². The van der Waals surface area contributed by atoms with E-state index in [9.17, 15) is 4.79 Å². The van der Waals surface area contributed by atoms with E-state index in [-0.39, 0.29) is 23.6 Å². The van der Waals surface area contributed by atoms with E-state index in [4.69, 9.17) is 4.74 Å². The van der Waals surface area contributed by atoms with Gasteiger partial charge < -0.3 is 15.4 Å². The maximum absolute atomic E-state index is 12.2. The van der Waals surface area contributed by atoms with Gasteiger partial charge in [-0.2, -0.15) is 0 Å². The summed E-state index contributed by atoms with van der Waals surface area (Å²) in [6.07, 6.45) is 6.39. The van der Waals surface area contributed by atoms with Crippen LogP contribution < -0.4 is 10.6 Å². The summed E-state index contributed by atoms with van der Waals surface area (Å²) >= 11 is 0. The van der Waals surface area contributed by atoms with Gasteiger partial charge >= 0.3 is 0 Å². The Hall–Kier alpha value is -0.610. The smallest absolute Gasteiger partial charge is 0.237 e. The molecular weight excluding hydrogens is 228 g/mol. The number of amides is 1. The molecule has 2 saturated heterocycles. The van der Waals surface area contributed by atoms with Crippen LogP contribution in [0.15, 0.2) is 0 Å². The van der Waals surface area contributed by atoms with Gasteiger partial charge in [0.25, 0.3) is 0 Å². The summed E-state index contributed by atoms with van der Waals surface area (Å²) in [6.45, 7) is 5.90. The monoisotopic (exact) mass is 254 g/mol. The van der Waals surface area contributed by atoms with Crippen LogP contribution in [0.2, 0.25) is 0 Å². The number of ether oxygens (including phenoxy) is 1. The average Bonchev–Trinajstić information content (AvgIpc) is 2.55. The molecule has 2 aliphatic rings. The van der Waals surface area contributed by atoms with Crippen LogP contribution in [0, 0.1) is 0 Å². The van der Waals surface area contributed by atoms with E-state index >= 15 is 0 Å². The van der Waals surface area contributed by atoms with Crippen molar-refractivity contribution in [3.63, 3.8) is 0 Å². The van der Waals surface area contributed by atoms with Gasteiger partial charge in [0, 0.05) is 12.6 Å². The van der Waals surface area contributed by atoms with Crippen molar-refractivity contribution >= 4 is 5.91 Å². The highest BCUT2D eigenvalue weighted by Crippen LogP contribution is 2.24. The Kier molecular flexibility index (Phi) is 4.62. The molecule has 2 rings (SSSR count). The largest absolute Gasteiger partial charge is 0.375 e. The minimum Gasteiger partial charge on any atom is -0.375 e. The molecule has 4 nitrogen and oxygen atoms in total. The van der Waals surface area contributed by atoms with Gasteiger partial charge in [0.2, 0.25) is 5.91 Å². The Balaban J connectivity index is 1.82. The Morgan fingerprint density at radius 2 is 2.11 bits per heavy atom.